The number of hydrogen-bond donors (Lipinski definition) is 0. The molecule has 0 atom stereocenters. The van der Waals surface area contributed by atoms with E-state index in [9.17, 15) is 4.79 Å². The van der Waals surface area contributed by atoms with Gasteiger partial charge in [-0.3, -0.25) is 9.48 Å². The Bertz CT molecular complexity index is 1310. The predicted molar refractivity (Wildman–Crippen MR) is 135 cm³/mol. The van der Waals surface area contributed by atoms with E-state index >= 15 is 0 Å². The summed E-state index contributed by atoms with van der Waals surface area (Å²) in [5, 5.41) is 4.76. The van der Waals surface area contributed by atoms with E-state index in [1.54, 1.807) is 6.20 Å². The fraction of sp³-hybridized carbons (Fsp3) is 0.321. The van der Waals surface area contributed by atoms with Gasteiger partial charge in [0, 0.05) is 56.0 Å². The van der Waals surface area contributed by atoms with Gasteiger partial charge in [0.25, 0.3) is 5.91 Å². The van der Waals surface area contributed by atoms with Gasteiger partial charge in [-0.05, 0) is 48.7 Å². The molecule has 178 valence electrons. The Kier molecular flexibility index (Phi) is 5.60. The zero-order valence-corrected chi connectivity index (χ0v) is 19.9. The highest BCUT2D eigenvalue weighted by Gasteiger charge is 2.31. The standard InChI is InChI=1S/C28H29N5O2/c1-20-29-18-27(35-20)23-9-11-24(12-10-23)31-13-15-32(16-14-31)28(34)25-17-26(22-7-8-22)33(30-25)19-21-5-3-2-4-6-21/h2-6,9-12,17-18,22H,7-8,13-16,19H2,1H3. The van der Waals surface area contributed by atoms with Crippen molar-refractivity contribution in [2.45, 2.75) is 32.2 Å². The second-order valence-electron chi connectivity index (χ2n) is 9.44. The van der Waals surface area contributed by atoms with Crippen LogP contribution in [0.1, 0.15) is 46.4 Å². The number of oxazole rings is 1. The highest BCUT2D eigenvalue weighted by atomic mass is 16.4. The lowest BCUT2D eigenvalue weighted by Crippen LogP contribution is -2.48. The summed E-state index contributed by atoms with van der Waals surface area (Å²) < 4.78 is 7.66. The Balaban J connectivity index is 1.11. The lowest BCUT2D eigenvalue weighted by molar-refractivity contribution is 0.0740. The molecule has 1 aliphatic heterocycles. The maximum absolute atomic E-state index is 13.3. The van der Waals surface area contributed by atoms with Crippen LogP contribution in [0.25, 0.3) is 11.3 Å². The van der Waals surface area contributed by atoms with Gasteiger partial charge in [-0.2, -0.15) is 5.10 Å². The molecule has 0 N–H and O–H groups in total. The molecule has 6 rings (SSSR count). The van der Waals surface area contributed by atoms with E-state index < -0.39 is 0 Å². The number of piperazine rings is 1. The molecular weight excluding hydrogens is 438 g/mol. The van der Waals surface area contributed by atoms with Crippen LogP contribution in [0.4, 0.5) is 5.69 Å². The SMILES string of the molecule is Cc1ncc(-c2ccc(N3CCN(C(=O)c4cc(C5CC5)n(Cc5ccccc5)n4)CC3)cc2)o1. The van der Waals surface area contributed by atoms with Crippen LogP contribution in [-0.4, -0.2) is 51.8 Å². The van der Waals surface area contributed by atoms with Crippen molar-refractivity contribution in [1.82, 2.24) is 19.7 Å². The fourth-order valence-electron chi connectivity index (χ4n) is 4.79. The van der Waals surface area contributed by atoms with Gasteiger partial charge in [-0.1, -0.05) is 30.3 Å². The summed E-state index contributed by atoms with van der Waals surface area (Å²) >= 11 is 0. The van der Waals surface area contributed by atoms with Crippen LogP contribution in [0.15, 0.2) is 71.3 Å². The maximum Gasteiger partial charge on any atom is 0.274 e. The van der Waals surface area contributed by atoms with Crippen LogP contribution in [0.2, 0.25) is 0 Å². The number of carbonyl (C=O) groups excluding carboxylic acids is 1. The molecule has 0 radical (unpaired) electrons. The number of nitrogens with zero attached hydrogens (tertiary/aromatic N) is 5. The van der Waals surface area contributed by atoms with Crippen molar-refractivity contribution in [3.8, 4) is 11.3 Å². The summed E-state index contributed by atoms with van der Waals surface area (Å²) in [4.78, 5) is 21.8. The predicted octanol–water partition coefficient (Wildman–Crippen LogP) is 4.73. The molecule has 0 unspecified atom stereocenters. The molecule has 1 saturated carbocycles. The smallest absolute Gasteiger partial charge is 0.274 e. The third-order valence-electron chi connectivity index (χ3n) is 6.91. The molecule has 2 aliphatic rings. The summed E-state index contributed by atoms with van der Waals surface area (Å²) in [5.74, 6) is 2.02. The molecule has 2 aromatic carbocycles. The Hall–Kier alpha value is -3.87. The largest absolute Gasteiger partial charge is 0.441 e. The lowest BCUT2D eigenvalue weighted by Gasteiger charge is -2.35. The first-order valence-corrected chi connectivity index (χ1v) is 12.3. The van der Waals surface area contributed by atoms with Gasteiger partial charge >= 0.3 is 0 Å². The summed E-state index contributed by atoms with van der Waals surface area (Å²) in [6.45, 7) is 5.52. The summed E-state index contributed by atoms with van der Waals surface area (Å²) in [7, 11) is 0. The Morgan fingerprint density at radius 2 is 1.74 bits per heavy atom. The Labute approximate surface area is 205 Å². The number of benzene rings is 2. The first kappa shape index (κ1) is 21.6. The Morgan fingerprint density at radius 1 is 1.00 bits per heavy atom. The number of carbonyl (C=O) groups is 1. The van der Waals surface area contributed by atoms with Crippen LogP contribution >= 0.6 is 0 Å². The van der Waals surface area contributed by atoms with Crippen LogP contribution in [0, 0.1) is 6.92 Å². The van der Waals surface area contributed by atoms with Gasteiger partial charge in [-0.25, -0.2) is 4.98 Å². The second-order valence-corrected chi connectivity index (χ2v) is 9.44. The number of aromatic nitrogens is 3. The number of aryl methyl sites for hydroxylation is 1. The van der Waals surface area contributed by atoms with E-state index in [4.69, 9.17) is 9.52 Å². The first-order chi connectivity index (χ1) is 17.1. The fourth-order valence-corrected chi connectivity index (χ4v) is 4.79. The van der Waals surface area contributed by atoms with Crippen molar-refractivity contribution in [3.63, 3.8) is 0 Å². The van der Waals surface area contributed by atoms with E-state index in [1.165, 1.54) is 24.1 Å². The first-order valence-electron chi connectivity index (χ1n) is 12.3. The van der Waals surface area contributed by atoms with E-state index in [2.05, 4.69) is 46.3 Å². The quantitative estimate of drug-likeness (QED) is 0.410. The highest BCUT2D eigenvalue weighted by molar-refractivity contribution is 5.92. The van der Waals surface area contributed by atoms with Crippen LogP contribution < -0.4 is 4.90 Å². The Morgan fingerprint density at radius 3 is 2.40 bits per heavy atom. The molecular formula is C28H29N5O2. The molecule has 1 saturated heterocycles. The zero-order valence-electron chi connectivity index (χ0n) is 19.9. The van der Waals surface area contributed by atoms with E-state index in [0.717, 1.165) is 30.1 Å². The average Bonchev–Trinajstić information content (AvgIpc) is 3.52. The van der Waals surface area contributed by atoms with Crippen molar-refractivity contribution in [2.24, 2.45) is 0 Å². The molecule has 7 nitrogen and oxygen atoms in total. The minimum atomic E-state index is 0.0365. The van der Waals surface area contributed by atoms with Crippen molar-refractivity contribution in [3.05, 3.63) is 89.7 Å². The second kappa shape index (κ2) is 9.06. The molecule has 4 aromatic rings. The van der Waals surface area contributed by atoms with Gasteiger partial charge in [0.05, 0.1) is 12.7 Å². The minimum Gasteiger partial charge on any atom is -0.441 e. The monoisotopic (exact) mass is 467 g/mol. The molecule has 2 fully saturated rings. The third kappa shape index (κ3) is 4.58. The molecule has 1 aliphatic carbocycles. The van der Waals surface area contributed by atoms with E-state index in [0.29, 0.717) is 37.1 Å². The van der Waals surface area contributed by atoms with Crippen LogP contribution in [-0.2, 0) is 6.54 Å². The van der Waals surface area contributed by atoms with Gasteiger partial charge in [0.1, 0.15) is 0 Å². The molecule has 0 spiro atoms. The lowest BCUT2D eigenvalue weighted by atomic mass is 10.1. The summed E-state index contributed by atoms with van der Waals surface area (Å²) in [6, 6.07) is 20.7. The normalized spacial score (nSPS) is 16.0. The van der Waals surface area contributed by atoms with Gasteiger partial charge < -0.3 is 14.2 Å². The van der Waals surface area contributed by atoms with Crippen molar-refractivity contribution >= 4 is 11.6 Å². The summed E-state index contributed by atoms with van der Waals surface area (Å²) in [6.07, 6.45) is 4.12. The average molecular weight is 468 g/mol. The van der Waals surface area contributed by atoms with Gasteiger partial charge in [0.2, 0.25) is 0 Å². The third-order valence-corrected chi connectivity index (χ3v) is 6.91. The molecule has 0 bridgehead atoms. The number of amides is 1. The molecule has 2 aromatic heterocycles. The number of rotatable bonds is 6. The molecule has 1 amide bonds. The van der Waals surface area contributed by atoms with Crippen LogP contribution in [0.5, 0.6) is 0 Å². The van der Waals surface area contributed by atoms with E-state index in [-0.39, 0.29) is 5.91 Å². The number of hydrogen-bond acceptors (Lipinski definition) is 5. The topological polar surface area (TPSA) is 67.4 Å². The van der Waals surface area contributed by atoms with Crippen molar-refractivity contribution in [1.29, 1.82) is 0 Å². The van der Waals surface area contributed by atoms with Crippen molar-refractivity contribution < 1.29 is 9.21 Å². The maximum atomic E-state index is 13.3. The molecule has 35 heavy (non-hydrogen) atoms. The van der Waals surface area contributed by atoms with Crippen LogP contribution in [0.3, 0.4) is 0 Å². The van der Waals surface area contributed by atoms with Gasteiger partial charge in [-0.15, -0.1) is 0 Å². The minimum absolute atomic E-state index is 0.0365. The van der Waals surface area contributed by atoms with E-state index in [1.807, 2.05) is 40.8 Å². The molecule has 3 heterocycles. The zero-order chi connectivity index (χ0) is 23.8. The van der Waals surface area contributed by atoms with Crippen molar-refractivity contribution in [2.75, 3.05) is 31.1 Å². The summed E-state index contributed by atoms with van der Waals surface area (Å²) in [5.41, 5.74) is 5.14. The number of anilines is 1. The highest BCUT2D eigenvalue weighted by Crippen LogP contribution is 2.40. The molecule has 7 heteroatoms. The van der Waals surface area contributed by atoms with Gasteiger partial charge in [0.15, 0.2) is 17.3 Å².